The molecule has 0 amide bonds. The topological polar surface area (TPSA) is 60.1 Å². The Morgan fingerprint density at radius 1 is 1.30 bits per heavy atom. The first-order valence-electron chi connectivity index (χ1n) is 5.65. The van der Waals surface area contributed by atoms with Gasteiger partial charge in [0, 0.05) is 21.1 Å². The summed E-state index contributed by atoms with van der Waals surface area (Å²) < 4.78 is 15.2. The molecule has 0 bridgehead atoms. The molecule has 20 heavy (non-hydrogen) atoms. The van der Waals surface area contributed by atoms with Crippen molar-refractivity contribution in [2.45, 2.75) is 0 Å². The number of aromatic nitrogens is 3. The Morgan fingerprint density at radius 2 is 1.95 bits per heavy atom. The molecule has 0 spiro atoms. The maximum absolute atomic E-state index is 13.1. The summed E-state index contributed by atoms with van der Waals surface area (Å²) in [6, 6.07) is 3.58. The van der Waals surface area contributed by atoms with Gasteiger partial charge >= 0.3 is 11.4 Å². The maximum Gasteiger partial charge on any atom is 0.359 e. The van der Waals surface area contributed by atoms with E-state index in [1.54, 1.807) is 19.0 Å². The van der Waals surface area contributed by atoms with E-state index in [1.807, 2.05) is 0 Å². The van der Waals surface area contributed by atoms with Crippen molar-refractivity contribution in [1.82, 2.24) is 14.1 Å². The number of hydrogen-bond donors (Lipinski definition) is 0. The van der Waals surface area contributed by atoms with Crippen LogP contribution in [-0.4, -0.2) is 28.2 Å². The van der Waals surface area contributed by atoms with Crippen LogP contribution in [0.4, 0.5) is 10.3 Å². The van der Waals surface area contributed by atoms with Crippen LogP contribution in [0.3, 0.4) is 0 Å². The number of hydrogen-bond acceptors (Lipinski definition) is 4. The van der Waals surface area contributed by atoms with Crippen LogP contribution in [0.1, 0.15) is 0 Å². The highest BCUT2D eigenvalue weighted by Crippen LogP contribution is 2.17. The van der Waals surface area contributed by atoms with Crippen LogP contribution in [0.25, 0.3) is 5.69 Å². The molecule has 1 heterocycles. The van der Waals surface area contributed by atoms with Crippen LogP contribution in [0.2, 0.25) is 5.02 Å². The predicted octanol–water partition coefficient (Wildman–Crippen LogP) is 0.790. The second-order valence-corrected chi connectivity index (χ2v) is 4.77. The van der Waals surface area contributed by atoms with Gasteiger partial charge in [0.05, 0.1) is 10.7 Å². The SMILES string of the molecule is CN(C)c1nc(=O)n(-c2ccc(F)c(Cl)c2)c(=O)n1C. The van der Waals surface area contributed by atoms with Crippen molar-refractivity contribution in [3.63, 3.8) is 0 Å². The van der Waals surface area contributed by atoms with Crippen LogP contribution in [-0.2, 0) is 7.05 Å². The lowest BCUT2D eigenvalue weighted by Gasteiger charge is -2.16. The first-order chi connectivity index (χ1) is 9.32. The molecule has 0 aliphatic carbocycles. The summed E-state index contributed by atoms with van der Waals surface area (Å²) in [6.45, 7) is 0. The summed E-state index contributed by atoms with van der Waals surface area (Å²) in [5.74, 6) is -0.400. The minimum absolute atomic E-state index is 0.166. The minimum Gasteiger partial charge on any atom is -0.348 e. The van der Waals surface area contributed by atoms with E-state index in [0.29, 0.717) is 0 Å². The van der Waals surface area contributed by atoms with Crippen LogP contribution in [0, 0.1) is 5.82 Å². The molecule has 0 fully saturated rings. The van der Waals surface area contributed by atoms with Gasteiger partial charge < -0.3 is 4.90 Å². The fourth-order valence-corrected chi connectivity index (χ4v) is 1.95. The van der Waals surface area contributed by atoms with E-state index in [0.717, 1.165) is 10.6 Å². The van der Waals surface area contributed by atoms with Crippen molar-refractivity contribution < 1.29 is 4.39 Å². The van der Waals surface area contributed by atoms with Gasteiger partial charge in [-0.2, -0.15) is 4.98 Å². The van der Waals surface area contributed by atoms with Crippen molar-refractivity contribution in [2.75, 3.05) is 19.0 Å². The van der Waals surface area contributed by atoms with E-state index in [9.17, 15) is 14.0 Å². The molecule has 0 saturated carbocycles. The Balaban J connectivity index is 2.76. The zero-order chi connectivity index (χ0) is 15.0. The van der Waals surface area contributed by atoms with Gasteiger partial charge in [-0.05, 0) is 18.2 Å². The van der Waals surface area contributed by atoms with Gasteiger partial charge in [0.1, 0.15) is 5.82 Å². The highest BCUT2D eigenvalue weighted by Gasteiger charge is 2.14. The second kappa shape index (κ2) is 5.09. The summed E-state index contributed by atoms with van der Waals surface area (Å²) in [4.78, 5) is 29.6. The van der Waals surface area contributed by atoms with E-state index >= 15 is 0 Å². The van der Waals surface area contributed by atoms with Crippen LogP contribution < -0.4 is 16.3 Å². The van der Waals surface area contributed by atoms with Crippen LogP contribution in [0.15, 0.2) is 27.8 Å². The molecule has 0 unspecified atom stereocenters. The van der Waals surface area contributed by atoms with Gasteiger partial charge in [0.2, 0.25) is 5.95 Å². The average molecular weight is 299 g/mol. The summed E-state index contributed by atoms with van der Waals surface area (Å²) in [7, 11) is 4.83. The van der Waals surface area contributed by atoms with Gasteiger partial charge in [-0.1, -0.05) is 11.6 Å². The third-order valence-corrected chi connectivity index (χ3v) is 3.02. The number of benzene rings is 1. The number of halogens is 2. The second-order valence-electron chi connectivity index (χ2n) is 4.36. The normalized spacial score (nSPS) is 10.7. The van der Waals surface area contributed by atoms with Gasteiger partial charge in [-0.25, -0.2) is 18.5 Å². The molecule has 0 radical (unpaired) electrons. The molecule has 0 saturated heterocycles. The van der Waals surface area contributed by atoms with Crippen molar-refractivity contribution in [2.24, 2.45) is 7.05 Å². The fraction of sp³-hybridized carbons (Fsp3) is 0.250. The maximum atomic E-state index is 13.1. The van der Waals surface area contributed by atoms with Gasteiger partial charge in [-0.3, -0.25) is 4.57 Å². The Kier molecular flexibility index (Phi) is 3.63. The molecule has 0 aliphatic rings. The first-order valence-corrected chi connectivity index (χ1v) is 6.03. The van der Waals surface area contributed by atoms with Crippen molar-refractivity contribution in [1.29, 1.82) is 0 Å². The number of rotatable bonds is 2. The Bertz CT molecular complexity index is 782. The molecule has 106 valence electrons. The molecule has 1 aromatic carbocycles. The monoisotopic (exact) mass is 298 g/mol. The van der Waals surface area contributed by atoms with Crippen molar-refractivity contribution in [3.05, 3.63) is 50.0 Å². The summed E-state index contributed by atoms with van der Waals surface area (Å²) in [6.07, 6.45) is 0. The van der Waals surface area contributed by atoms with Crippen molar-refractivity contribution in [3.8, 4) is 5.69 Å². The zero-order valence-electron chi connectivity index (χ0n) is 11.1. The third-order valence-electron chi connectivity index (χ3n) is 2.73. The van der Waals surface area contributed by atoms with E-state index in [-0.39, 0.29) is 16.7 Å². The molecule has 0 aliphatic heterocycles. The molecule has 1 aromatic heterocycles. The molecular formula is C12H12ClFN4O2. The first kappa shape index (κ1) is 14.3. The fourth-order valence-electron chi connectivity index (χ4n) is 1.77. The van der Waals surface area contributed by atoms with E-state index in [1.165, 1.54) is 23.7 Å². The summed E-state index contributed by atoms with van der Waals surface area (Å²) >= 11 is 5.66. The Hall–Kier alpha value is -2.15. The zero-order valence-corrected chi connectivity index (χ0v) is 11.8. The highest BCUT2D eigenvalue weighted by atomic mass is 35.5. The molecule has 2 rings (SSSR count). The van der Waals surface area contributed by atoms with Crippen molar-refractivity contribution >= 4 is 17.5 Å². The standard InChI is InChI=1S/C12H12ClFN4O2/c1-16(2)10-15-11(19)18(12(20)17(10)3)7-4-5-9(14)8(13)6-7/h4-6H,1-3H3. The molecule has 0 N–H and O–H groups in total. The largest absolute Gasteiger partial charge is 0.359 e. The van der Waals surface area contributed by atoms with Gasteiger partial charge in [0.25, 0.3) is 0 Å². The molecule has 6 nitrogen and oxygen atoms in total. The average Bonchev–Trinajstić information content (AvgIpc) is 2.38. The third kappa shape index (κ3) is 2.32. The number of nitrogens with zero attached hydrogens (tertiary/aromatic N) is 4. The smallest absolute Gasteiger partial charge is 0.348 e. The Labute approximate surface area is 118 Å². The lowest BCUT2D eigenvalue weighted by atomic mass is 10.3. The molecule has 0 atom stereocenters. The molecular weight excluding hydrogens is 287 g/mol. The summed E-state index contributed by atoms with van der Waals surface area (Å²) in [5, 5.41) is -0.173. The molecule has 8 heteroatoms. The van der Waals surface area contributed by atoms with Gasteiger partial charge in [0.15, 0.2) is 0 Å². The lowest BCUT2D eigenvalue weighted by molar-refractivity contribution is 0.626. The minimum atomic E-state index is -0.750. The predicted molar refractivity (Wildman–Crippen MR) is 74.4 cm³/mol. The van der Waals surface area contributed by atoms with E-state index in [4.69, 9.17) is 11.6 Å². The Morgan fingerprint density at radius 3 is 2.50 bits per heavy atom. The molecule has 2 aromatic rings. The van der Waals surface area contributed by atoms with E-state index in [2.05, 4.69) is 4.98 Å². The van der Waals surface area contributed by atoms with E-state index < -0.39 is 17.2 Å². The quantitative estimate of drug-likeness (QED) is 0.822. The van der Waals surface area contributed by atoms with Crippen LogP contribution >= 0.6 is 11.6 Å². The van der Waals surface area contributed by atoms with Crippen LogP contribution in [0.5, 0.6) is 0 Å². The summed E-state index contributed by atoms with van der Waals surface area (Å²) in [5.41, 5.74) is -1.17. The van der Waals surface area contributed by atoms with Gasteiger partial charge in [-0.15, -0.1) is 0 Å². The number of anilines is 1. The highest BCUT2D eigenvalue weighted by molar-refractivity contribution is 6.30. The lowest BCUT2D eigenvalue weighted by Crippen LogP contribution is -2.42.